The fourth-order valence-corrected chi connectivity index (χ4v) is 4.48. The van der Waals surface area contributed by atoms with E-state index >= 15 is 0 Å². The van der Waals surface area contributed by atoms with Crippen molar-refractivity contribution in [3.8, 4) is 0 Å². The normalized spacial score (nSPS) is 33.8. The fraction of sp³-hybridized carbons (Fsp3) is 1.00. The van der Waals surface area contributed by atoms with E-state index in [1.54, 1.807) is 4.31 Å². The molecule has 0 aromatic carbocycles. The van der Waals surface area contributed by atoms with Crippen molar-refractivity contribution in [2.24, 2.45) is 11.7 Å². The van der Waals surface area contributed by atoms with Gasteiger partial charge in [0.25, 0.3) is 0 Å². The summed E-state index contributed by atoms with van der Waals surface area (Å²) in [5.74, 6) is 0.300. The van der Waals surface area contributed by atoms with Gasteiger partial charge in [0.05, 0.1) is 11.9 Å². The fourth-order valence-electron chi connectivity index (χ4n) is 2.57. The Balaban J connectivity index is 2.01. The average molecular weight is 262 g/mol. The summed E-state index contributed by atoms with van der Waals surface area (Å²) in [6.45, 7) is 4.18. The van der Waals surface area contributed by atoms with E-state index in [4.69, 9.17) is 10.5 Å². The molecule has 0 radical (unpaired) electrons. The van der Waals surface area contributed by atoms with Crippen LogP contribution in [0.4, 0.5) is 0 Å². The van der Waals surface area contributed by atoms with E-state index in [9.17, 15) is 8.42 Å². The third-order valence-corrected chi connectivity index (χ3v) is 6.10. The van der Waals surface area contributed by atoms with Crippen LogP contribution in [0.2, 0.25) is 0 Å². The lowest BCUT2D eigenvalue weighted by Crippen LogP contribution is -2.42. The monoisotopic (exact) mass is 262 g/mol. The van der Waals surface area contributed by atoms with Crippen molar-refractivity contribution in [3.05, 3.63) is 0 Å². The molecular weight excluding hydrogens is 240 g/mol. The molecule has 2 aliphatic heterocycles. The van der Waals surface area contributed by atoms with Crippen molar-refractivity contribution in [2.45, 2.75) is 37.5 Å². The molecule has 0 aromatic heterocycles. The largest absolute Gasteiger partial charge is 0.380 e. The summed E-state index contributed by atoms with van der Waals surface area (Å²) in [7, 11) is -3.18. The molecule has 0 saturated carbocycles. The maximum atomic E-state index is 12.4. The zero-order valence-electron chi connectivity index (χ0n) is 10.3. The van der Waals surface area contributed by atoms with Gasteiger partial charge < -0.3 is 10.5 Å². The number of rotatable bonds is 3. The van der Waals surface area contributed by atoms with Crippen LogP contribution < -0.4 is 5.73 Å². The number of nitrogens with two attached hydrogens (primary N) is 1. The van der Waals surface area contributed by atoms with E-state index in [2.05, 4.69) is 0 Å². The minimum atomic E-state index is -3.18. The van der Waals surface area contributed by atoms with E-state index in [-0.39, 0.29) is 11.3 Å². The van der Waals surface area contributed by atoms with E-state index in [0.717, 1.165) is 19.3 Å². The van der Waals surface area contributed by atoms with Gasteiger partial charge in [-0.2, -0.15) is 0 Å². The third-order valence-electron chi connectivity index (χ3n) is 3.83. The first-order valence-corrected chi connectivity index (χ1v) is 7.84. The standard InChI is InChI=1S/C11H22N2O3S/c1-9(12)10-4-5-13(7-10)17(14,15)11-3-2-6-16-8-11/h9-11H,2-8,12H2,1H3. The lowest BCUT2D eigenvalue weighted by molar-refractivity contribution is 0.0976. The summed E-state index contributed by atoms with van der Waals surface area (Å²) in [4.78, 5) is 0. The summed E-state index contributed by atoms with van der Waals surface area (Å²) >= 11 is 0. The van der Waals surface area contributed by atoms with Crippen LogP contribution in [0.5, 0.6) is 0 Å². The minimum absolute atomic E-state index is 0.0674. The van der Waals surface area contributed by atoms with Crippen LogP contribution in [0.25, 0.3) is 0 Å². The molecule has 5 nitrogen and oxygen atoms in total. The quantitative estimate of drug-likeness (QED) is 0.786. The Kier molecular flexibility index (Phi) is 4.07. The molecule has 6 heteroatoms. The molecule has 0 aromatic rings. The SMILES string of the molecule is CC(N)C1CCN(S(=O)(=O)C2CCCOC2)C1. The Morgan fingerprint density at radius 2 is 2.18 bits per heavy atom. The maximum absolute atomic E-state index is 12.4. The number of nitrogens with zero attached hydrogens (tertiary/aromatic N) is 1. The summed E-state index contributed by atoms with van der Waals surface area (Å²) in [6, 6.07) is 0.0674. The Bertz CT molecular complexity index is 350. The van der Waals surface area contributed by atoms with E-state index in [0.29, 0.717) is 32.2 Å². The molecule has 2 N–H and O–H groups in total. The first-order chi connectivity index (χ1) is 8.01. The second-order valence-corrected chi connectivity index (χ2v) is 7.36. The van der Waals surface area contributed by atoms with Gasteiger partial charge in [-0.3, -0.25) is 0 Å². The first-order valence-electron chi connectivity index (χ1n) is 6.34. The van der Waals surface area contributed by atoms with Crippen LogP contribution in [0.15, 0.2) is 0 Å². The summed E-state index contributed by atoms with van der Waals surface area (Å²) in [5, 5.41) is -0.344. The van der Waals surface area contributed by atoms with Crippen LogP contribution in [0.1, 0.15) is 26.2 Å². The third kappa shape index (κ3) is 2.81. The molecule has 0 bridgehead atoms. The van der Waals surface area contributed by atoms with Gasteiger partial charge in [-0.05, 0) is 32.1 Å². The van der Waals surface area contributed by atoms with Crippen LogP contribution in [0, 0.1) is 5.92 Å². The second-order valence-electron chi connectivity index (χ2n) is 5.15. The molecule has 2 aliphatic rings. The highest BCUT2D eigenvalue weighted by Crippen LogP contribution is 2.26. The van der Waals surface area contributed by atoms with Gasteiger partial charge in [0.15, 0.2) is 0 Å². The molecule has 100 valence electrons. The molecule has 2 saturated heterocycles. The first kappa shape index (κ1) is 13.3. The van der Waals surface area contributed by atoms with Crippen LogP contribution in [-0.2, 0) is 14.8 Å². The van der Waals surface area contributed by atoms with Gasteiger partial charge in [0.1, 0.15) is 0 Å². The van der Waals surface area contributed by atoms with Gasteiger partial charge in [-0.15, -0.1) is 0 Å². The minimum Gasteiger partial charge on any atom is -0.380 e. The van der Waals surface area contributed by atoms with Crippen molar-refractivity contribution < 1.29 is 13.2 Å². The van der Waals surface area contributed by atoms with Crippen molar-refractivity contribution in [1.29, 1.82) is 0 Å². The summed E-state index contributed by atoms with van der Waals surface area (Å²) in [6.07, 6.45) is 2.45. The number of sulfonamides is 1. The van der Waals surface area contributed by atoms with E-state index < -0.39 is 10.0 Å². The smallest absolute Gasteiger partial charge is 0.219 e. The molecular formula is C11H22N2O3S. The summed E-state index contributed by atoms with van der Waals surface area (Å²) < 4.78 is 31.6. The number of ether oxygens (including phenoxy) is 1. The maximum Gasteiger partial charge on any atom is 0.219 e. The van der Waals surface area contributed by atoms with Gasteiger partial charge in [0.2, 0.25) is 10.0 Å². The van der Waals surface area contributed by atoms with Crippen molar-refractivity contribution >= 4 is 10.0 Å². The van der Waals surface area contributed by atoms with Crippen molar-refractivity contribution in [2.75, 3.05) is 26.3 Å². The van der Waals surface area contributed by atoms with Crippen molar-refractivity contribution in [3.63, 3.8) is 0 Å². The topological polar surface area (TPSA) is 72.6 Å². The molecule has 3 atom stereocenters. The Morgan fingerprint density at radius 3 is 2.71 bits per heavy atom. The predicted octanol–water partition coefficient (Wildman–Crippen LogP) is 0.164. The lowest BCUT2D eigenvalue weighted by atomic mass is 10.0. The Hall–Kier alpha value is -0.170. The number of hydrogen-bond donors (Lipinski definition) is 1. The summed E-state index contributed by atoms with van der Waals surface area (Å²) in [5.41, 5.74) is 5.84. The number of hydrogen-bond acceptors (Lipinski definition) is 4. The highest BCUT2D eigenvalue weighted by atomic mass is 32.2. The van der Waals surface area contributed by atoms with Gasteiger partial charge >= 0.3 is 0 Å². The highest BCUT2D eigenvalue weighted by molar-refractivity contribution is 7.89. The van der Waals surface area contributed by atoms with Crippen LogP contribution in [0.3, 0.4) is 0 Å². The molecule has 0 aliphatic carbocycles. The lowest BCUT2D eigenvalue weighted by Gasteiger charge is -2.27. The Labute approximate surface area is 103 Å². The molecule has 2 rings (SSSR count). The van der Waals surface area contributed by atoms with Crippen LogP contribution >= 0.6 is 0 Å². The van der Waals surface area contributed by atoms with Crippen LogP contribution in [-0.4, -0.2) is 50.3 Å². The molecule has 3 unspecified atom stereocenters. The molecule has 2 fully saturated rings. The second kappa shape index (κ2) is 5.22. The molecule has 2 heterocycles. The molecule has 0 amide bonds. The molecule has 0 spiro atoms. The highest BCUT2D eigenvalue weighted by Gasteiger charge is 2.38. The Morgan fingerprint density at radius 1 is 1.41 bits per heavy atom. The predicted molar refractivity (Wildman–Crippen MR) is 66.1 cm³/mol. The van der Waals surface area contributed by atoms with Gasteiger partial charge in [-0.25, -0.2) is 12.7 Å². The van der Waals surface area contributed by atoms with E-state index in [1.807, 2.05) is 6.92 Å². The zero-order valence-corrected chi connectivity index (χ0v) is 11.2. The van der Waals surface area contributed by atoms with E-state index in [1.165, 1.54) is 0 Å². The average Bonchev–Trinajstić information content (AvgIpc) is 2.80. The van der Waals surface area contributed by atoms with Gasteiger partial charge in [-0.1, -0.05) is 0 Å². The van der Waals surface area contributed by atoms with Crippen molar-refractivity contribution in [1.82, 2.24) is 4.31 Å². The molecule has 17 heavy (non-hydrogen) atoms. The zero-order chi connectivity index (χ0) is 12.5. The van der Waals surface area contributed by atoms with Gasteiger partial charge in [0, 0.05) is 25.7 Å².